The van der Waals surface area contributed by atoms with Gasteiger partial charge in [-0.1, -0.05) is 37.8 Å². The summed E-state index contributed by atoms with van der Waals surface area (Å²) in [5.41, 5.74) is 0. The summed E-state index contributed by atoms with van der Waals surface area (Å²) in [6.45, 7) is 2.39. The third-order valence-corrected chi connectivity index (χ3v) is 2.37. The predicted molar refractivity (Wildman–Crippen MR) is 61.7 cm³/mol. The van der Waals surface area contributed by atoms with Crippen LogP contribution in [0.3, 0.4) is 0 Å². The lowest BCUT2D eigenvalue weighted by Crippen LogP contribution is -2.12. The van der Waals surface area contributed by atoms with Gasteiger partial charge in [0, 0.05) is 6.07 Å². The van der Waals surface area contributed by atoms with Crippen LogP contribution in [0, 0.1) is 0 Å². The molecule has 7 heteroatoms. The molecule has 0 aliphatic heterocycles. The van der Waals surface area contributed by atoms with Crippen molar-refractivity contribution in [3.05, 3.63) is 17.0 Å². The molecule has 1 aromatic heterocycles. The molecule has 0 aliphatic rings. The van der Waals surface area contributed by atoms with Gasteiger partial charge >= 0.3 is 6.18 Å². The summed E-state index contributed by atoms with van der Waals surface area (Å²) < 4.78 is 42.3. The van der Waals surface area contributed by atoms with Crippen molar-refractivity contribution in [2.24, 2.45) is 0 Å². The SMILES string of the molecule is CCCCCCOc1cc(Cl)nc(C(F)(F)F)n1. The second kappa shape index (κ2) is 6.78. The van der Waals surface area contributed by atoms with Crippen LogP contribution >= 0.6 is 11.6 Å². The summed E-state index contributed by atoms with van der Waals surface area (Å²) in [7, 11) is 0. The highest BCUT2D eigenvalue weighted by atomic mass is 35.5. The van der Waals surface area contributed by atoms with Gasteiger partial charge in [0.1, 0.15) is 5.15 Å². The van der Waals surface area contributed by atoms with Crippen molar-refractivity contribution < 1.29 is 17.9 Å². The number of unbranched alkanes of at least 4 members (excludes halogenated alkanes) is 3. The van der Waals surface area contributed by atoms with Gasteiger partial charge in [-0.15, -0.1) is 0 Å². The largest absolute Gasteiger partial charge is 0.478 e. The second-order valence-corrected chi connectivity index (χ2v) is 4.15. The molecule has 0 spiro atoms. The Morgan fingerprint density at radius 1 is 1.22 bits per heavy atom. The normalized spacial score (nSPS) is 11.6. The molecule has 0 unspecified atom stereocenters. The molecule has 102 valence electrons. The van der Waals surface area contributed by atoms with E-state index in [9.17, 15) is 13.2 Å². The van der Waals surface area contributed by atoms with Crippen molar-refractivity contribution >= 4 is 11.6 Å². The fourth-order valence-electron chi connectivity index (χ4n) is 1.30. The minimum atomic E-state index is -4.62. The average Bonchev–Trinajstić information content (AvgIpc) is 2.27. The van der Waals surface area contributed by atoms with E-state index < -0.39 is 12.0 Å². The van der Waals surface area contributed by atoms with Crippen molar-refractivity contribution in [1.82, 2.24) is 9.97 Å². The molecule has 3 nitrogen and oxygen atoms in total. The number of rotatable bonds is 6. The van der Waals surface area contributed by atoms with E-state index in [2.05, 4.69) is 16.9 Å². The van der Waals surface area contributed by atoms with Crippen molar-refractivity contribution in [3.63, 3.8) is 0 Å². The maximum Gasteiger partial charge on any atom is 0.451 e. The van der Waals surface area contributed by atoms with Crippen LogP contribution in [0.15, 0.2) is 6.07 Å². The summed E-state index contributed by atoms with van der Waals surface area (Å²) in [4.78, 5) is 6.39. The van der Waals surface area contributed by atoms with Crippen LogP contribution in [-0.2, 0) is 6.18 Å². The second-order valence-electron chi connectivity index (χ2n) is 3.76. The molecule has 0 N–H and O–H groups in total. The Labute approximate surface area is 108 Å². The first-order valence-electron chi connectivity index (χ1n) is 5.68. The van der Waals surface area contributed by atoms with Crippen molar-refractivity contribution in [3.8, 4) is 5.88 Å². The van der Waals surface area contributed by atoms with Gasteiger partial charge in [0.05, 0.1) is 6.61 Å². The third-order valence-electron chi connectivity index (χ3n) is 2.17. The van der Waals surface area contributed by atoms with Crippen LogP contribution in [-0.4, -0.2) is 16.6 Å². The number of hydrogen-bond donors (Lipinski definition) is 0. The zero-order valence-electron chi connectivity index (χ0n) is 9.93. The van der Waals surface area contributed by atoms with Gasteiger partial charge in [-0.25, -0.2) is 4.98 Å². The number of alkyl halides is 3. The summed E-state index contributed by atoms with van der Waals surface area (Å²) in [5, 5.41) is -0.277. The van der Waals surface area contributed by atoms with E-state index >= 15 is 0 Å². The number of nitrogens with zero attached hydrogens (tertiary/aromatic N) is 2. The van der Waals surface area contributed by atoms with Gasteiger partial charge in [0.2, 0.25) is 11.7 Å². The number of halogens is 4. The zero-order chi connectivity index (χ0) is 13.6. The Bertz CT molecular complexity index is 385. The Morgan fingerprint density at radius 2 is 1.94 bits per heavy atom. The maximum atomic E-state index is 12.4. The first-order chi connectivity index (χ1) is 8.43. The summed E-state index contributed by atoms with van der Waals surface area (Å²) in [6, 6.07) is 1.18. The smallest absolute Gasteiger partial charge is 0.451 e. The molecule has 0 bridgehead atoms. The quantitative estimate of drug-likeness (QED) is 0.582. The zero-order valence-corrected chi connectivity index (χ0v) is 10.7. The van der Waals surface area contributed by atoms with Crippen LogP contribution < -0.4 is 4.74 Å². The predicted octanol–water partition coefficient (Wildman–Crippen LogP) is 4.11. The van der Waals surface area contributed by atoms with E-state index in [0.717, 1.165) is 25.7 Å². The van der Waals surface area contributed by atoms with Gasteiger partial charge in [0.15, 0.2) is 0 Å². The topological polar surface area (TPSA) is 35.0 Å². The molecule has 1 aromatic rings. The standard InChI is InChI=1S/C11H14ClF3N2O/c1-2-3-4-5-6-18-9-7-8(12)16-10(17-9)11(13,14)15/h7H,2-6H2,1H3. The molecular formula is C11H14ClF3N2O. The Morgan fingerprint density at radius 3 is 2.56 bits per heavy atom. The molecule has 0 fully saturated rings. The van der Waals surface area contributed by atoms with Crippen molar-refractivity contribution in [2.75, 3.05) is 6.61 Å². The van der Waals surface area contributed by atoms with Crippen molar-refractivity contribution in [1.29, 1.82) is 0 Å². The van der Waals surface area contributed by atoms with Gasteiger partial charge in [-0.3, -0.25) is 0 Å². The van der Waals surface area contributed by atoms with E-state index in [1.807, 2.05) is 0 Å². The summed E-state index contributed by atoms with van der Waals surface area (Å²) in [6.07, 6.45) is -0.720. The molecule has 0 aromatic carbocycles. The monoisotopic (exact) mass is 282 g/mol. The Balaban J connectivity index is 2.58. The lowest BCUT2D eigenvalue weighted by Gasteiger charge is -2.09. The highest BCUT2D eigenvalue weighted by molar-refractivity contribution is 6.29. The van der Waals surface area contributed by atoms with E-state index in [1.165, 1.54) is 6.07 Å². The van der Waals surface area contributed by atoms with Gasteiger partial charge in [-0.05, 0) is 6.42 Å². The van der Waals surface area contributed by atoms with E-state index in [1.54, 1.807) is 0 Å². The minimum absolute atomic E-state index is 0.140. The summed E-state index contributed by atoms with van der Waals surface area (Å²) >= 11 is 5.49. The van der Waals surface area contributed by atoms with Crippen LogP contribution in [0.5, 0.6) is 5.88 Å². The number of aromatic nitrogens is 2. The van der Waals surface area contributed by atoms with Crippen LogP contribution in [0.2, 0.25) is 5.15 Å². The molecule has 0 aliphatic carbocycles. The summed E-state index contributed by atoms with van der Waals surface area (Å²) in [5.74, 6) is -1.42. The van der Waals surface area contributed by atoms with Crippen molar-refractivity contribution in [2.45, 2.75) is 38.8 Å². The molecular weight excluding hydrogens is 269 g/mol. The lowest BCUT2D eigenvalue weighted by atomic mass is 10.2. The highest BCUT2D eigenvalue weighted by Crippen LogP contribution is 2.28. The molecule has 1 heterocycles. The molecule has 0 saturated carbocycles. The van der Waals surface area contributed by atoms with Crippen LogP contribution in [0.1, 0.15) is 38.4 Å². The molecule has 1 rings (SSSR count). The Kier molecular flexibility index (Phi) is 5.65. The number of hydrogen-bond acceptors (Lipinski definition) is 3. The molecule has 0 atom stereocenters. The highest BCUT2D eigenvalue weighted by Gasteiger charge is 2.35. The third kappa shape index (κ3) is 5.08. The van der Waals surface area contributed by atoms with E-state index in [4.69, 9.17) is 16.3 Å². The van der Waals surface area contributed by atoms with Gasteiger partial charge < -0.3 is 4.74 Å². The number of ether oxygens (including phenoxy) is 1. The fraction of sp³-hybridized carbons (Fsp3) is 0.636. The molecule has 18 heavy (non-hydrogen) atoms. The van der Waals surface area contributed by atoms with Gasteiger partial charge in [-0.2, -0.15) is 18.2 Å². The van der Waals surface area contributed by atoms with E-state index in [-0.39, 0.29) is 11.0 Å². The average molecular weight is 283 g/mol. The first kappa shape index (κ1) is 15.0. The van der Waals surface area contributed by atoms with Gasteiger partial charge in [0.25, 0.3) is 0 Å². The fourth-order valence-corrected chi connectivity index (χ4v) is 1.48. The Hall–Kier alpha value is -1.04. The maximum absolute atomic E-state index is 12.4. The lowest BCUT2D eigenvalue weighted by molar-refractivity contribution is -0.145. The first-order valence-corrected chi connectivity index (χ1v) is 6.06. The van der Waals surface area contributed by atoms with E-state index in [0.29, 0.717) is 6.61 Å². The minimum Gasteiger partial charge on any atom is -0.478 e. The molecule has 0 radical (unpaired) electrons. The van der Waals surface area contributed by atoms with Crippen LogP contribution in [0.25, 0.3) is 0 Å². The molecule has 0 saturated heterocycles. The van der Waals surface area contributed by atoms with Crippen LogP contribution in [0.4, 0.5) is 13.2 Å². The molecule has 0 amide bonds.